The van der Waals surface area contributed by atoms with Gasteiger partial charge in [-0.1, -0.05) is 18.7 Å². The Hall–Kier alpha value is -1.82. The van der Waals surface area contributed by atoms with Gasteiger partial charge in [0, 0.05) is 13.1 Å². The second-order valence-corrected chi connectivity index (χ2v) is 6.58. The predicted octanol–water partition coefficient (Wildman–Crippen LogP) is 3.09. The van der Waals surface area contributed by atoms with Gasteiger partial charge in [0.2, 0.25) is 5.91 Å². The molecule has 0 aliphatic carbocycles. The molecule has 2 aromatic heterocycles. The van der Waals surface area contributed by atoms with Crippen LogP contribution in [0.3, 0.4) is 0 Å². The first-order valence-electron chi connectivity index (χ1n) is 7.50. The maximum atomic E-state index is 12.2. The second-order valence-electron chi connectivity index (χ2n) is 5.59. The Morgan fingerprint density at radius 1 is 1.32 bits per heavy atom. The lowest BCUT2D eigenvalue weighted by Crippen LogP contribution is -2.38. The van der Waals surface area contributed by atoms with Gasteiger partial charge >= 0.3 is 0 Å². The van der Waals surface area contributed by atoms with Crippen LogP contribution in [-0.4, -0.2) is 39.8 Å². The zero-order valence-corrected chi connectivity index (χ0v) is 13.4. The highest BCUT2D eigenvalue weighted by Gasteiger charge is 2.20. The molecule has 1 fully saturated rings. The summed E-state index contributed by atoms with van der Waals surface area (Å²) in [5, 5.41) is 9.04. The van der Waals surface area contributed by atoms with Gasteiger partial charge in [0.25, 0.3) is 0 Å². The van der Waals surface area contributed by atoms with Gasteiger partial charge in [-0.05, 0) is 43.0 Å². The molecule has 1 aliphatic rings. The molecule has 2 aromatic rings. The summed E-state index contributed by atoms with van der Waals surface area (Å²) < 4.78 is 5.28. The summed E-state index contributed by atoms with van der Waals surface area (Å²) in [4.78, 5) is 14.1. The van der Waals surface area contributed by atoms with Crippen LogP contribution in [0.25, 0.3) is 11.5 Å². The van der Waals surface area contributed by atoms with Gasteiger partial charge in [-0.25, -0.2) is 0 Å². The Balaban J connectivity index is 1.52. The molecule has 0 aromatic carbocycles. The Kier molecular flexibility index (Phi) is 4.77. The molecule has 1 saturated heterocycles. The van der Waals surface area contributed by atoms with E-state index < -0.39 is 0 Å². The van der Waals surface area contributed by atoms with Crippen molar-refractivity contribution in [2.45, 2.75) is 24.8 Å². The highest BCUT2D eigenvalue weighted by Crippen LogP contribution is 2.21. The Bertz CT molecular complexity index is 605. The van der Waals surface area contributed by atoms with Crippen LogP contribution < -0.4 is 0 Å². The Morgan fingerprint density at radius 3 is 2.77 bits per heavy atom. The smallest absolute Gasteiger partial charge is 0.232 e. The molecule has 0 saturated carbocycles. The SMILES string of the molecule is CC1CCN(C(=O)CSc2ccc(-c3ccco3)nn2)CC1. The van der Waals surface area contributed by atoms with Gasteiger partial charge in [0.15, 0.2) is 5.76 Å². The van der Waals surface area contributed by atoms with Crippen molar-refractivity contribution in [2.75, 3.05) is 18.8 Å². The third-order valence-electron chi connectivity index (χ3n) is 3.89. The molecule has 1 amide bonds. The number of amides is 1. The lowest BCUT2D eigenvalue weighted by Gasteiger charge is -2.30. The number of rotatable bonds is 4. The summed E-state index contributed by atoms with van der Waals surface area (Å²) in [5.74, 6) is 2.04. The lowest BCUT2D eigenvalue weighted by molar-refractivity contribution is -0.129. The van der Waals surface area contributed by atoms with Crippen LogP contribution in [0.4, 0.5) is 0 Å². The van der Waals surface area contributed by atoms with Crippen molar-refractivity contribution in [1.82, 2.24) is 15.1 Å². The zero-order valence-electron chi connectivity index (χ0n) is 12.6. The molecule has 0 bridgehead atoms. The van der Waals surface area contributed by atoms with E-state index in [1.165, 1.54) is 11.8 Å². The standard InChI is InChI=1S/C16H19N3O2S/c1-12-6-8-19(9-7-12)16(20)11-22-15-5-4-13(17-18-15)14-3-2-10-21-14/h2-5,10,12H,6-9,11H2,1H3. The van der Waals surface area contributed by atoms with E-state index in [2.05, 4.69) is 17.1 Å². The van der Waals surface area contributed by atoms with E-state index in [9.17, 15) is 4.79 Å². The van der Waals surface area contributed by atoms with Crippen molar-refractivity contribution in [2.24, 2.45) is 5.92 Å². The van der Waals surface area contributed by atoms with Crippen LogP contribution in [-0.2, 0) is 4.79 Å². The van der Waals surface area contributed by atoms with Gasteiger partial charge in [-0.2, -0.15) is 0 Å². The number of carbonyl (C=O) groups is 1. The fourth-order valence-electron chi connectivity index (χ4n) is 2.44. The van der Waals surface area contributed by atoms with Gasteiger partial charge < -0.3 is 9.32 Å². The fourth-order valence-corrected chi connectivity index (χ4v) is 3.15. The van der Waals surface area contributed by atoms with E-state index in [4.69, 9.17) is 4.42 Å². The molecule has 1 aliphatic heterocycles. The number of thioether (sulfide) groups is 1. The quantitative estimate of drug-likeness (QED) is 0.811. The zero-order chi connectivity index (χ0) is 15.4. The van der Waals surface area contributed by atoms with E-state index in [0.717, 1.165) is 36.9 Å². The molecule has 22 heavy (non-hydrogen) atoms. The number of aromatic nitrogens is 2. The summed E-state index contributed by atoms with van der Waals surface area (Å²) >= 11 is 1.43. The third kappa shape index (κ3) is 3.68. The maximum absolute atomic E-state index is 12.2. The lowest BCUT2D eigenvalue weighted by atomic mass is 9.99. The van der Waals surface area contributed by atoms with Gasteiger partial charge in [0.05, 0.1) is 12.0 Å². The number of hydrogen-bond donors (Lipinski definition) is 0. The third-order valence-corrected chi connectivity index (χ3v) is 4.80. The number of hydrogen-bond acceptors (Lipinski definition) is 5. The minimum Gasteiger partial charge on any atom is -0.463 e. The Morgan fingerprint density at radius 2 is 2.14 bits per heavy atom. The summed E-state index contributed by atoms with van der Waals surface area (Å²) in [5.41, 5.74) is 0.700. The molecule has 0 radical (unpaired) electrons. The maximum Gasteiger partial charge on any atom is 0.232 e. The van der Waals surface area contributed by atoms with E-state index >= 15 is 0 Å². The van der Waals surface area contributed by atoms with Crippen LogP contribution in [0, 0.1) is 5.92 Å². The molecule has 6 heteroatoms. The number of nitrogens with zero attached hydrogens (tertiary/aromatic N) is 3. The van der Waals surface area contributed by atoms with E-state index in [-0.39, 0.29) is 5.91 Å². The fraction of sp³-hybridized carbons (Fsp3) is 0.438. The minimum absolute atomic E-state index is 0.189. The van der Waals surface area contributed by atoms with Crippen molar-refractivity contribution in [3.05, 3.63) is 30.5 Å². The molecule has 0 spiro atoms. The van der Waals surface area contributed by atoms with Crippen molar-refractivity contribution in [3.63, 3.8) is 0 Å². The first kappa shape index (κ1) is 15.1. The summed E-state index contributed by atoms with van der Waals surface area (Å²) in [6.45, 7) is 4.00. The van der Waals surface area contributed by atoms with Crippen LogP contribution in [0.5, 0.6) is 0 Å². The van der Waals surface area contributed by atoms with Crippen LogP contribution >= 0.6 is 11.8 Å². The highest BCUT2D eigenvalue weighted by molar-refractivity contribution is 7.99. The average Bonchev–Trinajstić information content (AvgIpc) is 3.08. The normalized spacial score (nSPS) is 16.0. The number of carbonyl (C=O) groups excluding carboxylic acids is 1. The highest BCUT2D eigenvalue weighted by atomic mass is 32.2. The van der Waals surface area contributed by atoms with Gasteiger partial charge in [0.1, 0.15) is 10.7 Å². The van der Waals surface area contributed by atoms with Crippen molar-refractivity contribution < 1.29 is 9.21 Å². The first-order chi connectivity index (χ1) is 10.7. The van der Waals surface area contributed by atoms with Crippen molar-refractivity contribution >= 4 is 17.7 Å². The molecular formula is C16H19N3O2S. The van der Waals surface area contributed by atoms with Gasteiger partial charge in [-0.3, -0.25) is 4.79 Å². The molecule has 3 rings (SSSR count). The van der Waals surface area contributed by atoms with E-state index in [1.54, 1.807) is 6.26 Å². The summed E-state index contributed by atoms with van der Waals surface area (Å²) in [6, 6.07) is 7.40. The molecule has 116 valence electrons. The largest absolute Gasteiger partial charge is 0.463 e. The topological polar surface area (TPSA) is 59.2 Å². The molecule has 0 unspecified atom stereocenters. The molecular weight excluding hydrogens is 298 g/mol. The van der Waals surface area contributed by atoms with E-state index in [0.29, 0.717) is 17.2 Å². The number of piperidine rings is 1. The molecule has 3 heterocycles. The molecule has 5 nitrogen and oxygen atoms in total. The van der Waals surface area contributed by atoms with Gasteiger partial charge in [-0.15, -0.1) is 10.2 Å². The number of likely N-dealkylation sites (tertiary alicyclic amines) is 1. The molecule has 0 N–H and O–H groups in total. The minimum atomic E-state index is 0.189. The van der Waals surface area contributed by atoms with Crippen LogP contribution in [0.1, 0.15) is 19.8 Å². The summed E-state index contributed by atoms with van der Waals surface area (Å²) in [6.07, 6.45) is 3.82. The summed E-state index contributed by atoms with van der Waals surface area (Å²) in [7, 11) is 0. The second kappa shape index (κ2) is 6.96. The van der Waals surface area contributed by atoms with E-state index in [1.807, 2.05) is 29.2 Å². The van der Waals surface area contributed by atoms with Crippen molar-refractivity contribution in [1.29, 1.82) is 0 Å². The average molecular weight is 317 g/mol. The monoisotopic (exact) mass is 317 g/mol. The Labute approximate surface area is 134 Å². The predicted molar refractivity (Wildman–Crippen MR) is 85.4 cm³/mol. The van der Waals surface area contributed by atoms with Crippen LogP contribution in [0.15, 0.2) is 40.0 Å². The van der Waals surface area contributed by atoms with Crippen LogP contribution in [0.2, 0.25) is 0 Å². The number of furan rings is 1. The first-order valence-corrected chi connectivity index (χ1v) is 8.49. The molecule has 0 atom stereocenters. The van der Waals surface area contributed by atoms with Crippen molar-refractivity contribution in [3.8, 4) is 11.5 Å².